The SMILES string of the molecule is [C-]#[N+]c1ccc(-c2cc3n(n2)c2cc(-c4ccc(C#N)cc4)nn2c2cc(-c4ccc([N+]#[C-])cc4)nn23)cc1. The fourth-order valence-corrected chi connectivity index (χ4v) is 4.62. The van der Waals surface area contributed by atoms with E-state index >= 15 is 0 Å². The molecular formula is C30H15N9. The molecule has 3 aromatic carbocycles. The quantitative estimate of drug-likeness (QED) is 0.255. The standard InChI is InChI=1S/C30H15N9/c1-32-23-11-7-21(8-12-23)26-16-29-37-28(15-25(34-37)20-5-3-19(18-31)4-6-20)38-30(39(29)36-26)17-27(35-38)22-9-13-24(33-2)14-10-22/h3-17H. The van der Waals surface area contributed by atoms with Gasteiger partial charge in [0.15, 0.2) is 28.3 Å². The van der Waals surface area contributed by atoms with Crippen molar-refractivity contribution in [1.82, 2.24) is 28.8 Å². The number of aromatic nitrogens is 6. The highest BCUT2D eigenvalue weighted by atomic mass is 15.4. The van der Waals surface area contributed by atoms with Crippen molar-refractivity contribution >= 4 is 28.3 Å². The lowest BCUT2D eigenvalue weighted by molar-refractivity contribution is 0.831. The fourth-order valence-electron chi connectivity index (χ4n) is 4.62. The molecule has 7 rings (SSSR count). The minimum atomic E-state index is 0.566. The van der Waals surface area contributed by atoms with Crippen molar-refractivity contribution in [3.8, 4) is 39.8 Å². The van der Waals surface area contributed by atoms with Crippen LogP contribution < -0.4 is 0 Å². The van der Waals surface area contributed by atoms with Crippen LogP contribution >= 0.6 is 0 Å². The first-order chi connectivity index (χ1) is 19.1. The van der Waals surface area contributed by atoms with Crippen LogP contribution in [0.4, 0.5) is 11.4 Å². The number of fused-ring (bicyclic) bond motifs is 6. The summed E-state index contributed by atoms with van der Waals surface area (Å²) in [7, 11) is 0. The fraction of sp³-hybridized carbons (Fsp3) is 0. The Labute approximate surface area is 221 Å². The van der Waals surface area contributed by atoms with Crippen LogP contribution in [-0.4, -0.2) is 28.8 Å². The molecule has 7 aromatic rings. The van der Waals surface area contributed by atoms with E-state index in [1.165, 1.54) is 0 Å². The molecule has 0 aliphatic carbocycles. The van der Waals surface area contributed by atoms with E-state index < -0.39 is 0 Å². The molecular weight excluding hydrogens is 486 g/mol. The molecule has 0 atom stereocenters. The van der Waals surface area contributed by atoms with Gasteiger partial charge < -0.3 is 0 Å². The summed E-state index contributed by atoms with van der Waals surface area (Å²) < 4.78 is 5.43. The number of hydrogen-bond acceptors (Lipinski definition) is 4. The number of rotatable bonds is 3. The highest BCUT2D eigenvalue weighted by Crippen LogP contribution is 2.29. The number of nitrogens with zero attached hydrogens (tertiary/aromatic N) is 9. The second kappa shape index (κ2) is 8.41. The maximum absolute atomic E-state index is 9.18. The van der Waals surface area contributed by atoms with Gasteiger partial charge in [0.05, 0.1) is 41.9 Å². The molecule has 0 spiro atoms. The smallest absolute Gasteiger partial charge is 0.187 e. The summed E-state index contributed by atoms with van der Waals surface area (Å²) in [6.45, 7) is 14.5. The zero-order valence-electron chi connectivity index (χ0n) is 20.2. The van der Waals surface area contributed by atoms with Crippen molar-refractivity contribution in [3.05, 3.63) is 119 Å². The van der Waals surface area contributed by atoms with E-state index in [1.54, 1.807) is 36.4 Å². The summed E-state index contributed by atoms with van der Waals surface area (Å²) in [6.07, 6.45) is 0. The minimum absolute atomic E-state index is 0.566. The molecule has 39 heavy (non-hydrogen) atoms. The van der Waals surface area contributed by atoms with Gasteiger partial charge in [-0.2, -0.15) is 34.1 Å². The van der Waals surface area contributed by atoms with Crippen LogP contribution in [0, 0.1) is 24.5 Å². The zero-order valence-corrected chi connectivity index (χ0v) is 20.2. The summed E-state index contributed by atoms with van der Waals surface area (Å²) in [5.74, 6) is 0. The lowest BCUT2D eigenvalue weighted by Gasteiger charge is -2.01. The van der Waals surface area contributed by atoms with E-state index in [9.17, 15) is 5.26 Å². The maximum atomic E-state index is 9.18. The molecule has 0 saturated carbocycles. The third-order valence-electron chi connectivity index (χ3n) is 6.62. The first-order valence-electron chi connectivity index (χ1n) is 11.9. The molecule has 4 aromatic heterocycles. The van der Waals surface area contributed by atoms with Crippen molar-refractivity contribution in [2.45, 2.75) is 0 Å². The summed E-state index contributed by atoms with van der Waals surface area (Å²) in [4.78, 5) is 6.96. The molecule has 180 valence electrons. The molecule has 0 unspecified atom stereocenters. The van der Waals surface area contributed by atoms with Crippen molar-refractivity contribution in [2.75, 3.05) is 0 Å². The topological polar surface area (TPSA) is 84.4 Å². The van der Waals surface area contributed by atoms with Crippen LogP contribution in [0.15, 0.2) is 91.0 Å². The van der Waals surface area contributed by atoms with Crippen molar-refractivity contribution in [3.63, 3.8) is 0 Å². The number of nitriles is 1. The van der Waals surface area contributed by atoms with Crippen molar-refractivity contribution < 1.29 is 0 Å². The molecule has 0 amide bonds. The predicted molar refractivity (Wildman–Crippen MR) is 146 cm³/mol. The Morgan fingerprint density at radius 2 is 0.872 bits per heavy atom. The van der Waals surface area contributed by atoms with Crippen LogP contribution in [0.1, 0.15) is 5.56 Å². The lowest BCUT2D eigenvalue weighted by Crippen LogP contribution is -2.04. The van der Waals surface area contributed by atoms with Gasteiger partial charge in [-0.15, -0.1) is 0 Å². The highest BCUT2D eigenvalue weighted by molar-refractivity contribution is 5.75. The summed E-state index contributed by atoms with van der Waals surface area (Å²) >= 11 is 0. The molecule has 9 heteroatoms. The average Bonchev–Trinajstić information content (AvgIpc) is 3.74. The van der Waals surface area contributed by atoms with Crippen molar-refractivity contribution in [1.29, 1.82) is 5.26 Å². The molecule has 0 aliphatic heterocycles. The monoisotopic (exact) mass is 501 g/mol. The number of benzene rings is 3. The maximum Gasteiger partial charge on any atom is 0.187 e. The first-order valence-corrected chi connectivity index (χ1v) is 11.9. The van der Waals surface area contributed by atoms with Crippen LogP contribution in [0.25, 0.3) is 60.4 Å². The Morgan fingerprint density at radius 3 is 1.18 bits per heavy atom. The average molecular weight is 502 g/mol. The molecule has 0 N–H and O–H groups in total. The van der Waals surface area contributed by atoms with E-state index in [4.69, 9.17) is 28.4 Å². The third kappa shape index (κ3) is 3.49. The lowest BCUT2D eigenvalue weighted by atomic mass is 10.1. The van der Waals surface area contributed by atoms with Gasteiger partial charge in [0.25, 0.3) is 0 Å². The number of hydrogen-bond donors (Lipinski definition) is 0. The van der Waals surface area contributed by atoms with Gasteiger partial charge in [0.2, 0.25) is 0 Å². The Balaban J connectivity index is 1.49. The van der Waals surface area contributed by atoms with Crippen LogP contribution in [0.3, 0.4) is 0 Å². The summed E-state index contributed by atoms with van der Waals surface area (Å²) in [6, 6.07) is 30.0. The molecule has 0 aliphatic rings. The van der Waals surface area contributed by atoms with Gasteiger partial charge in [-0.25, -0.2) is 9.69 Å². The van der Waals surface area contributed by atoms with Gasteiger partial charge in [-0.1, -0.05) is 60.7 Å². The largest absolute Gasteiger partial charge is 0.238 e. The van der Waals surface area contributed by atoms with Gasteiger partial charge in [0.1, 0.15) is 0 Å². The van der Waals surface area contributed by atoms with E-state index in [-0.39, 0.29) is 0 Å². The minimum Gasteiger partial charge on any atom is -0.238 e. The van der Waals surface area contributed by atoms with E-state index in [0.29, 0.717) is 16.9 Å². The van der Waals surface area contributed by atoms with Crippen LogP contribution in [0.2, 0.25) is 0 Å². The van der Waals surface area contributed by atoms with Crippen molar-refractivity contribution in [2.24, 2.45) is 0 Å². The zero-order chi connectivity index (χ0) is 26.5. The molecule has 0 saturated heterocycles. The molecule has 0 radical (unpaired) electrons. The van der Waals surface area contributed by atoms with E-state index in [1.807, 2.05) is 68.1 Å². The first kappa shape index (κ1) is 22.0. The Hall–Kier alpha value is -6.24. The molecule has 0 fully saturated rings. The van der Waals surface area contributed by atoms with Crippen LogP contribution in [-0.2, 0) is 0 Å². The third-order valence-corrected chi connectivity index (χ3v) is 6.62. The Bertz CT molecular complexity index is 1820. The van der Waals surface area contributed by atoms with Crippen LogP contribution in [0.5, 0.6) is 0 Å². The Kier molecular flexibility index (Phi) is 4.75. The second-order valence-electron chi connectivity index (χ2n) is 8.91. The Morgan fingerprint density at radius 1 is 0.538 bits per heavy atom. The van der Waals surface area contributed by atoms with Gasteiger partial charge in [0, 0.05) is 23.8 Å². The second-order valence-corrected chi connectivity index (χ2v) is 8.91. The van der Waals surface area contributed by atoms with Gasteiger partial charge in [-0.3, -0.25) is 0 Å². The summed E-state index contributed by atoms with van der Waals surface area (Å²) in [5.41, 5.74) is 8.80. The van der Waals surface area contributed by atoms with Gasteiger partial charge in [-0.05, 0) is 23.3 Å². The van der Waals surface area contributed by atoms with E-state index in [2.05, 4.69) is 15.8 Å². The summed E-state index contributed by atoms with van der Waals surface area (Å²) in [5, 5.41) is 23.9. The highest BCUT2D eigenvalue weighted by Gasteiger charge is 2.18. The van der Waals surface area contributed by atoms with E-state index in [0.717, 1.165) is 50.7 Å². The predicted octanol–water partition coefficient (Wildman–Crippen LogP) is 6.60. The molecule has 4 heterocycles. The normalized spacial score (nSPS) is 11.0. The van der Waals surface area contributed by atoms with Gasteiger partial charge >= 0.3 is 0 Å². The molecule has 0 bridgehead atoms. The molecule has 9 nitrogen and oxygen atoms in total.